The Kier molecular flexibility index (Phi) is 4.36. The van der Waals surface area contributed by atoms with Crippen LogP contribution in [0.4, 0.5) is 0 Å². The van der Waals surface area contributed by atoms with E-state index in [0.717, 1.165) is 11.3 Å². The second-order valence-electron chi connectivity index (χ2n) is 5.55. The lowest BCUT2D eigenvalue weighted by Gasteiger charge is -2.03. The molecule has 4 rings (SSSR count). The molecule has 2 aromatic carbocycles. The average Bonchev–Trinajstić information content (AvgIpc) is 3.30. The summed E-state index contributed by atoms with van der Waals surface area (Å²) in [4.78, 5) is 0. The zero-order chi connectivity index (χ0) is 17.9. The molecule has 0 aliphatic rings. The minimum absolute atomic E-state index is 0.186. The molecule has 8 nitrogen and oxygen atoms in total. The first-order valence-electron chi connectivity index (χ1n) is 7.79. The van der Waals surface area contributed by atoms with Gasteiger partial charge in [0, 0.05) is 5.56 Å². The molecule has 0 saturated carbocycles. The summed E-state index contributed by atoms with van der Waals surface area (Å²) in [5, 5.41) is 29.9. The number of phenolic OH excluding ortho intramolecular Hbond substituents is 1. The van der Waals surface area contributed by atoms with Gasteiger partial charge < -0.3 is 9.52 Å². The van der Waals surface area contributed by atoms with Gasteiger partial charge in [-0.1, -0.05) is 29.5 Å². The number of aryl methyl sites for hydroxylation is 1. The van der Waals surface area contributed by atoms with Crippen molar-refractivity contribution in [2.24, 2.45) is 0 Å². The fourth-order valence-corrected chi connectivity index (χ4v) is 3.00. The summed E-state index contributed by atoms with van der Waals surface area (Å²) >= 11 is 1.38. The lowest BCUT2D eigenvalue weighted by molar-refractivity contribution is 0.475. The van der Waals surface area contributed by atoms with E-state index in [-0.39, 0.29) is 5.75 Å². The molecule has 4 aromatic rings. The smallest absolute Gasteiger partial charge is 0.247 e. The summed E-state index contributed by atoms with van der Waals surface area (Å²) in [7, 11) is 0. The predicted octanol–water partition coefficient (Wildman–Crippen LogP) is 3.02. The molecule has 1 N–H and O–H groups in total. The van der Waals surface area contributed by atoms with Crippen molar-refractivity contribution in [3.05, 3.63) is 60.0 Å². The van der Waals surface area contributed by atoms with E-state index in [9.17, 15) is 5.11 Å². The van der Waals surface area contributed by atoms with E-state index in [1.165, 1.54) is 17.3 Å². The molecule has 0 aliphatic heterocycles. The first-order valence-corrected chi connectivity index (χ1v) is 8.77. The molecular weight excluding hydrogens is 352 g/mol. The van der Waals surface area contributed by atoms with Crippen molar-refractivity contribution in [1.29, 1.82) is 0 Å². The van der Waals surface area contributed by atoms with Crippen LogP contribution < -0.4 is 0 Å². The van der Waals surface area contributed by atoms with Crippen molar-refractivity contribution >= 4 is 11.8 Å². The van der Waals surface area contributed by atoms with Crippen LogP contribution in [-0.2, 0) is 5.75 Å². The third-order valence-electron chi connectivity index (χ3n) is 3.63. The fraction of sp³-hybridized carbons (Fsp3) is 0.118. The summed E-state index contributed by atoms with van der Waals surface area (Å²) in [6.07, 6.45) is 0. The Hall–Kier alpha value is -3.20. The molecule has 0 fully saturated rings. The molecule has 0 unspecified atom stereocenters. The molecule has 0 bridgehead atoms. The number of hydrogen-bond donors (Lipinski definition) is 1. The minimum atomic E-state index is 0.186. The van der Waals surface area contributed by atoms with Crippen molar-refractivity contribution in [1.82, 2.24) is 30.4 Å². The van der Waals surface area contributed by atoms with Crippen molar-refractivity contribution in [2.45, 2.75) is 17.8 Å². The zero-order valence-corrected chi connectivity index (χ0v) is 14.6. The number of hydrogen-bond acceptors (Lipinski definition) is 8. The van der Waals surface area contributed by atoms with Crippen LogP contribution in [0.3, 0.4) is 0 Å². The van der Waals surface area contributed by atoms with Crippen LogP contribution >= 0.6 is 11.8 Å². The lowest BCUT2D eigenvalue weighted by Crippen LogP contribution is -1.98. The predicted molar refractivity (Wildman–Crippen MR) is 94.9 cm³/mol. The van der Waals surface area contributed by atoms with Crippen LogP contribution in [0.15, 0.2) is 58.1 Å². The molecule has 0 atom stereocenters. The highest BCUT2D eigenvalue weighted by atomic mass is 32.2. The molecular formula is C17H14N6O2S. The highest BCUT2D eigenvalue weighted by molar-refractivity contribution is 7.98. The Balaban J connectivity index is 1.48. The summed E-state index contributed by atoms with van der Waals surface area (Å²) in [5.41, 5.74) is 2.81. The van der Waals surface area contributed by atoms with E-state index in [1.807, 2.05) is 31.2 Å². The molecule has 9 heteroatoms. The largest absolute Gasteiger partial charge is 0.508 e. The number of nitrogens with zero attached hydrogens (tertiary/aromatic N) is 6. The first kappa shape index (κ1) is 16.3. The SMILES string of the molecule is Cc1ccc(-c2nnc(CSc3nnnn3-c3ccc(O)cc3)o2)cc1. The summed E-state index contributed by atoms with van der Waals surface area (Å²) in [6, 6.07) is 14.5. The van der Waals surface area contributed by atoms with E-state index >= 15 is 0 Å². The van der Waals surface area contributed by atoms with Crippen molar-refractivity contribution in [3.8, 4) is 22.9 Å². The Morgan fingerprint density at radius 3 is 2.54 bits per heavy atom. The Labute approximate surface area is 152 Å². The van der Waals surface area contributed by atoms with Gasteiger partial charge in [0.1, 0.15) is 5.75 Å². The molecule has 0 radical (unpaired) electrons. The summed E-state index contributed by atoms with van der Waals surface area (Å²) in [6.45, 7) is 2.03. The topological polar surface area (TPSA) is 103 Å². The van der Waals surface area contributed by atoms with Crippen LogP contribution in [0.5, 0.6) is 5.75 Å². The molecule has 26 heavy (non-hydrogen) atoms. The van der Waals surface area contributed by atoms with Crippen LogP contribution in [-0.4, -0.2) is 35.5 Å². The van der Waals surface area contributed by atoms with Gasteiger partial charge in [0.25, 0.3) is 0 Å². The van der Waals surface area contributed by atoms with E-state index < -0.39 is 0 Å². The van der Waals surface area contributed by atoms with Gasteiger partial charge >= 0.3 is 0 Å². The van der Waals surface area contributed by atoms with Gasteiger partial charge in [0.15, 0.2) is 0 Å². The summed E-state index contributed by atoms with van der Waals surface area (Å²) < 4.78 is 7.30. The van der Waals surface area contributed by atoms with E-state index in [0.29, 0.717) is 22.7 Å². The number of phenols is 1. The highest BCUT2D eigenvalue weighted by Crippen LogP contribution is 2.25. The van der Waals surface area contributed by atoms with Crippen LogP contribution in [0.2, 0.25) is 0 Å². The molecule has 0 spiro atoms. The van der Waals surface area contributed by atoms with Crippen molar-refractivity contribution in [2.75, 3.05) is 0 Å². The first-order chi connectivity index (χ1) is 12.7. The third kappa shape index (κ3) is 3.42. The number of aromatic nitrogens is 6. The molecule has 130 valence electrons. The number of rotatable bonds is 5. The Bertz CT molecular complexity index is 1010. The highest BCUT2D eigenvalue weighted by Gasteiger charge is 2.13. The number of tetrazole rings is 1. The molecule has 0 saturated heterocycles. The Morgan fingerprint density at radius 1 is 1.00 bits per heavy atom. The van der Waals surface area contributed by atoms with Gasteiger partial charge in [-0.25, -0.2) is 0 Å². The van der Waals surface area contributed by atoms with Gasteiger partial charge in [-0.15, -0.1) is 15.3 Å². The molecule has 2 heterocycles. The van der Waals surface area contributed by atoms with Gasteiger partial charge in [-0.2, -0.15) is 4.68 Å². The number of aromatic hydroxyl groups is 1. The average molecular weight is 366 g/mol. The standard InChI is InChI=1S/C17H14N6O2S/c1-11-2-4-12(5-3-11)16-19-18-15(25-16)10-26-17-20-21-22-23(17)13-6-8-14(24)9-7-13/h2-9,24H,10H2,1H3. The molecule has 2 aromatic heterocycles. The van der Waals surface area contributed by atoms with E-state index in [4.69, 9.17) is 4.42 Å². The second-order valence-corrected chi connectivity index (χ2v) is 6.49. The molecule has 0 amide bonds. The van der Waals surface area contributed by atoms with Gasteiger partial charge in [-0.3, -0.25) is 0 Å². The van der Waals surface area contributed by atoms with Crippen molar-refractivity contribution in [3.63, 3.8) is 0 Å². The number of benzene rings is 2. The maximum absolute atomic E-state index is 9.39. The maximum atomic E-state index is 9.39. The van der Waals surface area contributed by atoms with Gasteiger partial charge in [0.05, 0.1) is 11.4 Å². The van der Waals surface area contributed by atoms with E-state index in [1.54, 1.807) is 28.9 Å². The van der Waals surface area contributed by atoms with Gasteiger partial charge in [-0.05, 0) is 53.7 Å². The Morgan fingerprint density at radius 2 is 1.77 bits per heavy atom. The fourth-order valence-electron chi connectivity index (χ4n) is 2.28. The lowest BCUT2D eigenvalue weighted by atomic mass is 10.1. The van der Waals surface area contributed by atoms with Gasteiger partial charge in [0.2, 0.25) is 16.9 Å². The quantitative estimate of drug-likeness (QED) is 0.538. The minimum Gasteiger partial charge on any atom is -0.508 e. The zero-order valence-electron chi connectivity index (χ0n) is 13.8. The van der Waals surface area contributed by atoms with Crippen LogP contribution in [0, 0.1) is 6.92 Å². The maximum Gasteiger partial charge on any atom is 0.247 e. The number of thioether (sulfide) groups is 1. The molecule has 0 aliphatic carbocycles. The summed E-state index contributed by atoms with van der Waals surface area (Å²) in [5.74, 6) is 1.60. The monoisotopic (exact) mass is 366 g/mol. The third-order valence-corrected chi connectivity index (χ3v) is 4.53. The van der Waals surface area contributed by atoms with E-state index in [2.05, 4.69) is 25.7 Å². The second kappa shape index (κ2) is 6.96. The van der Waals surface area contributed by atoms with Crippen LogP contribution in [0.25, 0.3) is 17.1 Å². The van der Waals surface area contributed by atoms with Crippen molar-refractivity contribution < 1.29 is 9.52 Å². The van der Waals surface area contributed by atoms with Crippen LogP contribution in [0.1, 0.15) is 11.5 Å². The normalized spacial score (nSPS) is 11.0.